The zero-order valence-electron chi connectivity index (χ0n) is 10.5. The predicted molar refractivity (Wildman–Crippen MR) is 67.5 cm³/mol. The molecule has 2 rings (SSSR count). The lowest BCUT2D eigenvalue weighted by Gasteiger charge is -2.27. The van der Waals surface area contributed by atoms with Gasteiger partial charge in [-0.05, 0) is 38.1 Å². The largest absolute Gasteiger partial charge is 0.392 e. The molecule has 0 saturated heterocycles. The molecule has 2 aliphatic rings. The van der Waals surface area contributed by atoms with Crippen molar-refractivity contribution in [1.29, 1.82) is 0 Å². The van der Waals surface area contributed by atoms with Gasteiger partial charge in [0.2, 0.25) is 0 Å². The minimum absolute atomic E-state index is 0.0916. The van der Waals surface area contributed by atoms with E-state index in [2.05, 4.69) is 5.32 Å². The van der Waals surface area contributed by atoms with Crippen molar-refractivity contribution in [2.24, 2.45) is 5.92 Å². The van der Waals surface area contributed by atoms with Crippen LogP contribution in [0.3, 0.4) is 0 Å². The van der Waals surface area contributed by atoms with Gasteiger partial charge in [-0.1, -0.05) is 38.5 Å². The van der Waals surface area contributed by atoms with Crippen molar-refractivity contribution in [3.05, 3.63) is 0 Å². The van der Waals surface area contributed by atoms with Crippen molar-refractivity contribution < 1.29 is 5.11 Å². The lowest BCUT2D eigenvalue weighted by Crippen LogP contribution is -2.41. The van der Waals surface area contributed by atoms with E-state index in [-0.39, 0.29) is 6.10 Å². The Hall–Kier alpha value is -0.0800. The third kappa shape index (κ3) is 3.74. The van der Waals surface area contributed by atoms with Crippen molar-refractivity contribution >= 4 is 0 Å². The van der Waals surface area contributed by atoms with E-state index in [9.17, 15) is 5.11 Å². The van der Waals surface area contributed by atoms with Crippen LogP contribution in [0.25, 0.3) is 0 Å². The minimum atomic E-state index is -0.0916. The molecule has 0 spiro atoms. The van der Waals surface area contributed by atoms with Crippen molar-refractivity contribution in [2.75, 3.05) is 6.54 Å². The highest BCUT2D eigenvalue weighted by Crippen LogP contribution is 2.24. The second-order valence-corrected chi connectivity index (χ2v) is 5.72. The Kier molecular flexibility index (Phi) is 5.11. The van der Waals surface area contributed by atoms with Crippen LogP contribution in [0.15, 0.2) is 0 Å². The first-order chi connectivity index (χ1) is 7.86. The number of rotatable bonds is 3. The van der Waals surface area contributed by atoms with Crippen molar-refractivity contribution in [3.8, 4) is 0 Å². The maximum absolute atomic E-state index is 10.0. The smallest absolute Gasteiger partial charge is 0.0693 e. The van der Waals surface area contributed by atoms with Crippen LogP contribution in [0, 0.1) is 5.92 Å². The average Bonchev–Trinajstić information content (AvgIpc) is 2.53. The molecular weight excluding hydrogens is 198 g/mol. The molecule has 0 aliphatic heterocycles. The predicted octanol–water partition coefficient (Wildman–Crippen LogP) is 2.85. The van der Waals surface area contributed by atoms with E-state index in [0.717, 1.165) is 18.9 Å². The average molecular weight is 225 g/mol. The lowest BCUT2D eigenvalue weighted by molar-refractivity contribution is 0.116. The molecule has 2 unspecified atom stereocenters. The Morgan fingerprint density at radius 2 is 1.44 bits per heavy atom. The van der Waals surface area contributed by atoms with Gasteiger partial charge in [0.1, 0.15) is 0 Å². The van der Waals surface area contributed by atoms with Crippen LogP contribution in [0.4, 0.5) is 0 Å². The Labute approximate surface area is 99.8 Å². The maximum Gasteiger partial charge on any atom is 0.0693 e. The van der Waals surface area contributed by atoms with E-state index in [0.29, 0.717) is 6.04 Å². The zero-order valence-corrected chi connectivity index (χ0v) is 10.5. The lowest BCUT2D eigenvalue weighted by atomic mass is 9.89. The fourth-order valence-electron chi connectivity index (χ4n) is 3.24. The quantitative estimate of drug-likeness (QED) is 0.724. The summed E-state index contributed by atoms with van der Waals surface area (Å²) in [5.74, 6) is 0.879. The van der Waals surface area contributed by atoms with E-state index in [1.54, 1.807) is 0 Å². The van der Waals surface area contributed by atoms with Crippen LogP contribution in [0.1, 0.15) is 64.2 Å². The van der Waals surface area contributed by atoms with Crippen LogP contribution in [0.2, 0.25) is 0 Å². The summed E-state index contributed by atoms with van der Waals surface area (Å²) in [6, 6.07) is 0.379. The molecule has 2 nitrogen and oxygen atoms in total. The topological polar surface area (TPSA) is 32.3 Å². The molecule has 2 aliphatic carbocycles. The summed E-state index contributed by atoms with van der Waals surface area (Å²) in [6.45, 7) is 1.14. The van der Waals surface area contributed by atoms with Crippen molar-refractivity contribution in [3.63, 3.8) is 0 Å². The van der Waals surface area contributed by atoms with Gasteiger partial charge in [-0.3, -0.25) is 0 Å². The van der Waals surface area contributed by atoms with Gasteiger partial charge in [0.25, 0.3) is 0 Å². The fraction of sp³-hybridized carbons (Fsp3) is 1.00. The molecule has 2 N–H and O–H groups in total. The standard InChI is InChI=1S/C14H27NO/c16-14-10-6-2-5-9-13(14)15-11-12-7-3-1-4-8-12/h12-16H,1-11H2. The van der Waals surface area contributed by atoms with E-state index in [4.69, 9.17) is 0 Å². The summed E-state index contributed by atoms with van der Waals surface area (Å²) in [5.41, 5.74) is 0. The number of nitrogens with one attached hydrogen (secondary N) is 1. The molecule has 2 atom stereocenters. The molecule has 16 heavy (non-hydrogen) atoms. The van der Waals surface area contributed by atoms with E-state index in [1.165, 1.54) is 57.8 Å². The zero-order chi connectivity index (χ0) is 11.2. The molecule has 0 heterocycles. The summed E-state index contributed by atoms with van der Waals surface area (Å²) < 4.78 is 0. The molecule has 0 bridgehead atoms. The van der Waals surface area contributed by atoms with Crippen LogP contribution in [0.5, 0.6) is 0 Å². The third-order valence-electron chi connectivity index (χ3n) is 4.37. The van der Waals surface area contributed by atoms with Crippen LogP contribution < -0.4 is 5.32 Å². The summed E-state index contributed by atoms with van der Waals surface area (Å²) in [4.78, 5) is 0. The van der Waals surface area contributed by atoms with Gasteiger partial charge >= 0.3 is 0 Å². The summed E-state index contributed by atoms with van der Waals surface area (Å²) >= 11 is 0. The fourth-order valence-corrected chi connectivity index (χ4v) is 3.24. The molecule has 0 aromatic rings. The van der Waals surface area contributed by atoms with Gasteiger partial charge in [-0.2, -0.15) is 0 Å². The van der Waals surface area contributed by atoms with Crippen LogP contribution in [-0.2, 0) is 0 Å². The van der Waals surface area contributed by atoms with Gasteiger partial charge < -0.3 is 10.4 Å². The first kappa shape index (κ1) is 12.4. The second-order valence-electron chi connectivity index (χ2n) is 5.72. The molecular formula is C14H27NO. The highest BCUT2D eigenvalue weighted by molar-refractivity contribution is 4.80. The summed E-state index contributed by atoms with van der Waals surface area (Å²) in [7, 11) is 0. The SMILES string of the molecule is OC1CCCCCC1NCC1CCCCC1. The monoisotopic (exact) mass is 225 g/mol. The van der Waals surface area contributed by atoms with Crippen LogP contribution >= 0.6 is 0 Å². The molecule has 0 aromatic heterocycles. The molecule has 94 valence electrons. The van der Waals surface area contributed by atoms with Crippen LogP contribution in [-0.4, -0.2) is 23.8 Å². The van der Waals surface area contributed by atoms with E-state index >= 15 is 0 Å². The maximum atomic E-state index is 10.0. The van der Waals surface area contributed by atoms with Gasteiger partial charge in [0.05, 0.1) is 6.10 Å². The molecule has 0 radical (unpaired) electrons. The number of aliphatic hydroxyl groups is 1. The van der Waals surface area contributed by atoms with Gasteiger partial charge in [0.15, 0.2) is 0 Å². The first-order valence-electron chi connectivity index (χ1n) is 7.28. The Bertz CT molecular complexity index is 189. The molecule has 2 heteroatoms. The second kappa shape index (κ2) is 6.61. The highest BCUT2D eigenvalue weighted by Gasteiger charge is 2.22. The Morgan fingerprint density at radius 3 is 2.19 bits per heavy atom. The molecule has 2 saturated carbocycles. The van der Waals surface area contributed by atoms with Gasteiger partial charge in [-0.15, -0.1) is 0 Å². The highest BCUT2D eigenvalue weighted by atomic mass is 16.3. The molecule has 0 aromatic carbocycles. The van der Waals surface area contributed by atoms with Crippen molar-refractivity contribution in [2.45, 2.75) is 76.4 Å². The third-order valence-corrected chi connectivity index (χ3v) is 4.37. The summed E-state index contributed by atoms with van der Waals surface area (Å²) in [6.07, 6.45) is 13.0. The van der Waals surface area contributed by atoms with E-state index < -0.39 is 0 Å². The summed E-state index contributed by atoms with van der Waals surface area (Å²) in [5, 5.41) is 13.6. The molecule has 0 amide bonds. The first-order valence-corrected chi connectivity index (χ1v) is 7.28. The normalized spacial score (nSPS) is 33.6. The Balaban J connectivity index is 1.70. The Morgan fingerprint density at radius 1 is 0.812 bits per heavy atom. The number of hydrogen-bond acceptors (Lipinski definition) is 2. The number of aliphatic hydroxyl groups excluding tert-OH is 1. The molecule has 2 fully saturated rings. The number of hydrogen-bond donors (Lipinski definition) is 2. The van der Waals surface area contributed by atoms with Gasteiger partial charge in [0, 0.05) is 6.04 Å². The van der Waals surface area contributed by atoms with Crippen molar-refractivity contribution in [1.82, 2.24) is 5.32 Å². The minimum Gasteiger partial charge on any atom is -0.392 e. The van der Waals surface area contributed by atoms with Gasteiger partial charge in [-0.25, -0.2) is 0 Å². The van der Waals surface area contributed by atoms with E-state index in [1.807, 2.05) is 0 Å².